The highest BCUT2D eigenvalue weighted by Crippen LogP contribution is 2.38. The minimum atomic E-state index is -1.77. The van der Waals surface area contributed by atoms with Crippen LogP contribution in [0.2, 0.25) is 18.1 Å². The molecule has 0 aliphatic heterocycles. The van der Waals surface area contributed by atoms with Crippen LogP contribution in [0.3, 0.4) is 0 Å². The molecule has 0 bridgehead atoms. The lowest BCUT2D eigenvalue weighted by atomic mass is 9.91. The summed E-state index contributed by atoms with van der Waals surface area (Å²) in [4.78, 5) is 17.1. The first-order valence-electron chi connectivity index (χ1n) is 16.3. The average Bonchev–Trinajstić information content (AvgIpc) is 3.80. The van der Waals surface area contributed by atoms with Crippen LogP contribution in [-0.2, 0) is 32.5 Å². The van der Waals surface area contributed by atoms with Gasteiger partial charge in [-0.25, -0.2) is 4.79 Å². The molecule has 4 aromatic rings. The number of hydrogen-bond donors (Lipinski definition) is 1. The van der Waals surface area contributed by atoms with E-state index < -0.39 is 19.9 Å². The largest absolute Gasteiger partial charge is 0.460 e. The van der Waals surface area contributed by atoms with Crippen LogP contribution in [0, 0.1) is 0 Å². The number of benzene rings is 1. The van der Waals surface area contributed by atoms with Crippen molar-refractivity contribution < 1.29 is 19.1 Å². The van der Waals surface area contributed by atoms with Crippen LogP contribution in [0.5, 0.6) is 0 Å². The second kappa shape index (κ2) is 14.2. The summed E-state index contributed by atoms with van der Waals surface area (Å²) in [6.45, 7) is 14.2. The highest BCUT2D eigenvalue weighted by molar-refractivity contribution is 7.12. The number of ether oxygens (including phenoxy) is 1. The Morgan fingerprint density at radius 2 is 1.64 bits per heavy atom. The van der Waals surface area contributed by atoms with Gasteiger partial charge in [0.25, 0.3) is 0 Å². The molecule has 0 saturated heterocycles. The summed E-state index contributed by atoms with van der Waals surface area (Å²) in [5.74, 6) is -0.560. The van der Waals surface area contributed by atoms with Crippen molar-refractivity contribution in [3.63, 3.8) is 0 Å². The summed E-state index contributed by atoms with van der Waals surface area (Å²) in [6.07, 6.45) is 7.91. The fourth-order valence-corrected chi connectivity index (χ4v) is 8.90. The van der Waals surface area contributed by atoms with Gasteiger partial charge in [-0.1, -0.05) is 51.1 Å². The number of carbonyl (C=O) groups is 1. The van der Waals surface area contributed by atoms with Gasteiger partial charge in [0.05, 0.1) is 16.4 Å². The van der Waals surface area contributed by atoms with Crippen LogP contribution in [0.4, 0.5) is 0 Å². The topological polar surface area (TPSA) is 63.9 Å². The van der Waals surface area contributed by atoms with Gasteiger partial charge in [0.15, 0.2) is 8.32 Å². The van der Waals surface area contributed by atoms with Gasteiger partial charge in [0.1, 0.15) is 6.10 Å². The Kier molecular flexibility index (Phi) is 10.8. The van der Waals surface area contributed by atoms with Crippen LogP contribution >= 0.6 is 22.7 Å². The second-order valence-corrected chi connectivity index (χ2v) is 20.8. The second-order valence-electron chi connectivity index (χ2n) is 14.1. The van der Waals surface area contributed by atoms with Gasteiger partial charge < -0.3 is 23.7 Å². The Bertz CT molecular complexity index is 1480. The molecule has 1 aliphatic rings. The monoisotopic (exact) mass is 666 g/mol. The van der Waals surface area contributed by atoms with Gasteiger partial charge in [-0.05, 0) is 105 Å². The summed E-state index contributed by atoms with van der Waals surface area (Å²) in [5, 5.41) is 16.9. The highest BCUT2D eigenvalue weighted by Gasteiger charge is 2.45. The predicted molar refractivity (Wildman–Crippen MR) is 190 cm³/mol. The maximum Gasteiger partial charge on any atom is 0.349 e. The normalized spacial score (nSPS) is 18.1. The minimum Gasteiger partial charge on any atom is -0.460 e. The number of nitrogens with zero attached hydrogens (tertiary/aromatic N) is 2. The number of aliphatic hydroxyl groups is 1. The van der Waals surface area contributed by atoms with Crippen molar-refractivity contribution in [2.45, 2.75) is 102 Å². The third-order valence-corrected chi connectivity index (χ3v) is 16.5. The molecule has 1 N–H and O–H groups in total. The average molecular weight is 667 g/mol. The van der Waals surface area contributed by atoms with Crippen LogP contribution < -0.4 is 0 Å². The molecule has 1 aromatic carbocycles. The van der Waals surface area contributed by atoms with Gasteiger partial charge in [-0.3, -0.25) is 0 Å². The number of rotatable bonds is 13. The van der Waals surface area contributed by atoms with E-state index >= 15 is 0 Å². The Morgan fingerprint density at radius 1 is 1.00 bits per heavy atom. The maximum absolute atomic E-state index is 13.4. The SMILES string of the molecule is CN(CCCc1cn(CCO[Si](C)(C)C(C)(C)C)c2ccccc12)C1CCC(OC(=O)C(O)(c2cccs2)c2cccs2)CC1. The van der Waals surface area contributed by atoms with Crippen molar-refractivity contribution in [2.24, 2.45) is 0 Å². The lowest BCUT2D eigenvalue weighted by Gasteiger charge is -2.36. The lowest BCUT2D eigenvalue weighted by Crippen LogP contribution is -2.42. The zero-order chi connectivity index (χ0) is 32.2. The third-order valence-electron chi connectivity index (χ3n) is 10.0. The molecule has 5 rings (SSSR count). The third kappa shape index (κ3) is 7.66. The molecule has 0 amide bonds. The molecule has 9 heteroatoms. The Hall–Kier alpha value is -2.27. The van der Waals surface area contributed by atoms with Crippen LogP contribution in [-0.4, -0.2) is 61.2 Å². The molecular formula is C36H50N2O4S2Si. The fraction of sp³-hybridized carbons (Fsp3) is 0.528. The van der Waals surface area contributed by atoms with Gasteiger partial charge in [-0.15, -0.1) is 22.7 Å². The molecule has 244 valence electrons. The Balaban J connectivity index is 1.11. The van der Waals surface area contributed by atoms with Crippen molar-refractivity contribution in [1.29, 1.82) is 0 Å². The minimum absolute atomic E-state index is 0.166. The first-order valence-corrected chi connectivity index (χ1v) is 21.0. The molecule has 1 aliphatic carbocycles. The van der Waals surface area contributed by atoms with E-state index in [-0.39, 0.29) is 11.1 Å². The fourth-order valence-electron chi connectivity index (χ4n) is 6.16. The first-order chi connectivity index (χ1) is 21.4. The van der Waals surface area contributed by atoms with E-state index in [1.54, 1.807) is 12.1 Å². The zero-order valence-electron chi connectivity index (χ0n) is 27.8. The predicted octanol–water partition coefficient (Wildman–Crippen LogP) is 8.44. The molecule has 6 nitrogen and oxygen atoms in total. The number of aromatic nitrogens is 1. The standard InChI is InChI=1S/C36H50N2O4S2Si/c1-35(2,3)45(5,6)41-23-22-38-26-27(30-13-7-8-14-31(30)38)12-9-21-37(4)28-17-19-29(20-18-28)42-34(39)36(40,32-15-10-24-43-32)33-16-11-25-44-33/h7-8,10-11,13-16,24-26,28-29,40H,9,12,17-23H2,1-6H3. The number of carbonyl (C=O) groups excluding carboxylic acids is 1. The van der Waals surface area contributed by atoms with Gasteiger partial charge in [0.2, 0.25) is 5.60 Å². The van der Waals surface area contributed by atoms with E-state index in [0.29, 0.717) is 15.8 Å². The van der Waals surface area contributed by atoms with Crippen LogP contribution in [0.25, 0.3) is 10.9 Å². The van der Waals surface area contributed by atoms with Crippen LogP contribution in [0.1, 0.15) is 68.2 Å². The van der Waals surface area contributed by atoms with Crippen molar-refractivity contribution in [2.75, 3.05) is 20.2 Å². The van der Waals surface area contributed by atoms with E-state index in [1.165, 1.54) is 39.1 Å². The molecular weight excluding hydrogens is 617 g/mol. The number of para-hydroxylation sites is 1. The first kappa shape index (κ1) is 34.1. The van der Waals surface area contributed by atoms with E-state index in [4.69, 9.17) is 9.16 Å². The molecule has 0 atom stereocenters. The van der Waals surface area contributed by atoms with Crippen molar-refractivity contribution >= 4 is 47.9 Å². The number of esters is 1. The van der Waals surface area contributed by atoms with E-state index in [0.717, 1.165) is 58.2 Å². The van der Waals surface area contributed by atoms with Gasteiger partial charge in [0, 0.05) is 29.7 Å². The molecule has 1 saturated carbocycles. The number of hydrogen-bond acceptors (Lipinski definition) is 7. The molecule has 0 radical (unpaired) electrons. The van der Waals surface area contributed by atoms with Crippen molar-refractivity contribution in [3.8, 4) is 0 Å². The summed E-state index contributed by atoms with van der Waals surface area (Å²) in [6, 6.07) is 16.5. The molecule has 0 unspecified atom stereocenters. The van der Waals surface area contributed by atoms with E-state index in [2.05, 4.69) is 80.8 Å². The summed E-state index contributed by atoms with van der Waals surface area (Å²) in [5.41, 5.74) is 0.958. The van der Waals surface area contributed by atoms with Crippen LogP contribution in [0.15, 0.2) is 65.5 Å². The van der Waals surface area contributed by atoms with E-state index in [9.17, 15) is 9.90 Å². The highest BCUT2D eigenvalue weighted by atomic mass is 32.1. The summed E-state index contributed by atoms with van der Waals surface area (Å²) < 4.78 is 14.8. The number of aryl methyl sites for hydroxylation is 1. The Labute approximate surface area is 278 Å². The molecule has 1 fully saturated rings. The summed E-state index contributed by atoms with van der Waals surface area (Å²) in [7, 11) is 0.459. The van der Waals surface area contributed by atoms with Crippen molar-refractivity contribution in [1.82, 2.24) is 9.47 Å². The van der Waals surface area contributed by atoms with Gasteiger partial charge in [-0.2, -0.15) is 0 Å². The number of fused-ring (bicyclic) bond motifs is 1. The van der Waals surface area contributed by atoms with Gasteiger partial charge >= 0.3 is 5.97 Å². The molecule has 45 heavy (non-hydrogen) atoms. The van der Waals surface area contributed by atoms with Crippen molar-refractivity contribution in [3.05, 3.63) is 80.8 Å². The molecule has 3 aromatic heterocycles. The number of thiophene rings is 2. The lowest BCUT2D eigenvalue weighted by molar-refractivity contribution is -0.169. The van der Waals surface area contributed by atoms with E-state index in [1.807, 2.05) is 22.9 Å². The quantitative estimate of drug-likeness (QED) is 0.115. The molecule has 0 spiro atoms. The summed E-state index contributed by atoms with van der Waals surface area (Å²) >= 11 is 2.76. The molecule has 3 heterocycles. The zero-order valence-corrected chi connectivity index (χ0v) is 30.4. The Morgan fingerprint density at radius 3 is 2.24 bits per heavy atom. The smallest absolute Gasteiger partial charge is 0.349 e. The maximum atomic E-state index is 13.4.